The molecule has 1 unspecified atom stereocenters. The van der Waals surface area contributed by atoms with Crippen LogP contribution in [0, 0.1) is 18.8 Å². The number of hydrogen-bond donors (Lipinski definition) is 6. The molecule has 12 heteroatoms. The summed E-state index contributed by atoms with van der Waals surface area (Å²) in [7, 11) is 0. The Bertz CT molecular complexity index is 1600. The number of fused-ring (bicyclic) bond motifs is 1. The van der Waals surface area contributed by atoms with E-state index in [4.69, 9.17) is 0 Å². The maximum absolute atomic E-state index is 12.7. The molecule has 6 heterocycles. The van der Waals surface area contributed by atoms with Crippen LogP contribution in [0.5, 0.6) is 0 Å². The molecule has 0 aromatic carbocycles. The van der Waals surface area contributed by atoms with Crippen LogP contribution in [0.2, 0.25) is 0 Å². The first-order valence-corrected chi connectivity index (χ1v) is 16.6. The number of amides is 2. The van der Waals surface area contributed by atoms with Crippen LogP contribution in [0.3, 0.4) is 0 Å². The minimum atomic E-state index is -0.884. The topological polar surface area (TPSA) is 174 Å². The van der Waals surface area contributed by atoms with Gasteiger partial charge < -0.3 is 25.8 Å². The first-order valence-electron chi connectivity index (χ1n) is 15.6. The number of aromatic nitrogens is 1. The second kappa shape index (κ2) is 11.5. The highest BCUT2D eigenvalue weighted by atomic mass is 32.2. The van der Waals surface area contributed by atoms with Crippen LogP contribution < -0.4 is 16.1 Å². The predicted molar refractivity (Wildman–Crippen MR) is 170 cm³/mol. The van der Waals surface area contributed by atoms with E-state index >= 15 is 0 Å². The van der Waals surface area contributed by atoms with E-state index in [1.54, 1.807) is 6.08 Å². The molecule has 0 spiro atoms. The highest BCUT2D eigenvalue weighted by Crippen LogP contribution is 2.53. The third-order valence-corrected chi connectivity index (χ3v) is 11.4. The summed E-state index contributed by atoms with van der Waals surface area (Å²) in [6, 6.07) is -0.312. The van der Waals surface area contributed by atoms with Crippen LogP contribution >= 0.6 is 11.8 Å². The molecule has 240 valence electrons. The molecule has 3 saturated heterocycles. The Balaban J connectivity index is 1.33. The summed E-state index contributed by atoms with van der Waals surface area (Å²) in [6.45, 7) is 11.7. The van der Waals surface area contributed by atoms with Gasteiger partial charge in [-0.05, 0) is 67.5 Å². The fraction of sp³-hybridized carbons (Fsp3) is 0.515. The highest BCUT2D eigenvalue weighted by Gasteiger charge is 2.61. The van der Waals surface area contributed by atoms with E-state index in [0.717, 1.165) is 50.7 Å². The van der Waals surface area contributed by atoms with Gasteiger partial charge in [-0.15, -0.1) is 0 Å². The number of allylic oxidation sites excluding steroid dienone is 1. The number of carboxylic acid groups (broad SMARTS) is 2. The zero-order chi connectivity index (χ0) is 32.4. The van der Waals surface area contributed by atoms with E-state index in [-0.39, 0.29) is 48.6 Å². The molecule has 1 aromatic rings. The number of carboxylic acids is 2. The minimum Gasteiger partial charge on any atom is -0.481 e. The van der Waals surface area contributed by atoms with Crippen molar-refractivity contribution in [2.24, 2.45) is 11.8 Å². The number of nitrogens with one attached hydrogen (secondary N) is 4. The smallest absolute Gasteiger partial charge is 0.303 e. The summed E-state index contributed by atoms with van der Waals surface area (Å²) in [4.78, 5) is 52.0. The van der Waals surface area contributed by atoms with Gasteiger partial charge in [0.15, 0.2) is 5.66 Å². The molecule has 11 nitrogen and oxygen atoms in total. The maximum Gasteiger partial charge on any atom is 0.303 e. The molecule has 3 fully saturated rings. The molecule has 45 heavy (non-hydrogen) atoms. The Kier molecular flexibility index (Phi) is 8.01. The summed E-state index contributed by atoms with van der Waals surface area (Å²) in [6.07, 6.45) is 5.36. The molecular formula is C33H41N5O6S. The van der Waals surface area contributed by atoms with E-state index in [9.17, 15) is 29.4 Å². The fourth-order valence-corrected chi connectivity index (χ4v) is 8.62. The van der Waals surface area contributed by atoms with Crippen molar-refractivity contribution < 1.29 is 29.4 Å². The molecule has 5 aliphatic rings. The number of H-pyrrole nitrogens is 1. The molecule has 0 aliphatic carbocycles. The Labute approximate surface area is 266 Å². The lowest BCUT2D eigenvalue weighted by Gasteiger charge is -2.18. The Hall–Kier alpha value is -3.77. The van der Waals surface area contributed by atoms with Crippen molar-refractivity contribution in [1.82, 2.24) is 26.1 Å². The van der Waals surface area contributed by atoms with E-state index in [2.05, 4.69) is 38.7 Å². The van der Waals surface area contributed by atoms with Crippen molar-refractivity contribution in [3.63, 3.8) is 0 Å². The van der Waals surface area contributed by atoms with Gasteiger partial charge in [0.2, 0.25) is 5.91 Å². The van der Waals surface area contributed by atoms with Crippen LogP contribution in [-0.4, -0.2) is 72.7 Å². The standard InChI is InChI=1S/C33H41N5O6S/c1-6-19-15(2)23(35-32(19)44)11-22-16(3)20(7-9-28(39)40)25(34-22)13-33-21(8-10-29(41)42)17(4)26(38(33)37-33)12-24-30(27-14-45-27)18(5)31(43)36-24/h6,12,18,23-24,27,30,34,37H,1,7-11,13-14H2,2-5H3,(H,35,44)(H,36,43)(H,39,40)(H,41,42)/b26-12+/t18-,23-,24?,27-,30-,33-,38?/m1/s1. The molecule has 1 aromatic heterocycles. The number of thioether (sulfide) groups is 1. The number of rotatable bonds is 13. The third-order valence-electron chi connectivity index (χ3n) is 10.3. The number of nitrogens with zero attached hydrogens (tertiary/aromatic N) is 1. The van der Waals surface area contributed by atoms with Crippen LogP contribution in [0.4, 0.5) is 0 Å². The molecule has 6 atom stereocenters. The summed E-state index contributed by atoms with van der Waals surface area (Å²) in [5.41, 5.74) is 11.1. The average Bonchev–Trinajstić information content (AvgIpc) is 3.84. The lowest BCUT2D eigenvalue weighted by atomic mass is 9.88. The number of hydrazine groups is 1. The van der Waals surface area contributed by atoms with E-state index in [0.29, 0.717) is 36.5 Å². The Morgan fingerprint density at radius 2 is 1.78 bits per heavy atom. The Morgan fingerprint density at radius 3 is 2.40 bits per heavy atom. The first-order chi connectivity index (χ1) is 21.4. The normalized spacial score (nSPS) is 31.1. The molecule has 6 N–H and O–H groups in total. The molecule has 5 aliphatic heterocycles. The van der Waals surface area contributed by atoms with Gasteiger partial charge in [-0.2, -0.15) is 11.8 Å². The molecular weight excluding hydrogens is 594 g/mol. The zero-order valence-corrected chi connectivity index (χ0v) is 26.9. The minimum absolute atomic E-state index is 0.0186. The van der Waals surface area contributed by atoms with Crippen molar-refractivity contribution in [3.05, 3.63) is 69.2 Å². The van der Waals surface area contributed by atoms with Crippen molar-refractivity contribution in [1.29, 1.82) is 0 Å². The van der Waals surface area contributed by atoms with Gasteiger partial charge in [-0.25, -0.2) is 5.43 Å². The maximum atomic E-state index is 12.7. The third kappa shape index (κ3) is 5.52. The number of hydrogen-bond acceptors (Lipinski definition) is 7. The van der Waals surface area contributed by atoms with E-state index in [1.807, 2.05) is 39.5 Å². The molecule has 0 saturated carbocycles. The van der Waals surface area contributed by atoms with Crippen LogP contribution in [-0.2, 0) is 38.4 Å². The monoisotopic (exact) mass is 635 g/mol. The SMILES string of the molecule is C=CC1=C(C)[C@@H](Cc2[nH]c(C[C@@]34NN3/C(=C/C3NC(=O)[C@H](C)[C@H]3[C@H]3CS3)C(C)=C4CCC(=O)O)c(CCC(=O)O)c2C)NC1=O. The average molecular weight is 636 g/mol. The summed E-state index contributed by atoms with van der Waals surface area (Å²) in [5, 5.41) is 27.9. The Morgan fingerprint density at radius 1 is 1.09 bits per heavy atom. The quantitative estimate of drug-likeness (QED) is 0.178. The van der Waals surface area contributed by atoms with Crippen LogP contribution in [0.15, 0.2) is 46.7 Å². The first kappa shape index (κ1) is 31.2. The molecule has 6 rings (SSSR count). The van der Waals surface area contributed by atoms with Crippen LogP contribution in [0.25, 0.3) is 0 Å². The van der Waals surface area contributed by atoms with Crippen LogP contribution in [0.1, 0.15) is 62.5 Å². The molecule has 0 bridgehead atoms. The number of aliphatic carboxylic acids is 2. The zero-order valence-electron chi connectivity index (χ0n) is 26.1. The predicted octanol–water partition coefficient (Wildman–Crippen LogP) is 2.89. The largest absolute Gasteiger partial charge is 0.481 e. The number of carbonyl (C=O) groups is 4. The number of carbonyl (C=O) groups excluding carboxylic acids is 2. The van der Waals surface area contributed by atoms with Crippen molar-refractivity contribution in [2.75, 3.05) is 5.75 Å². The summed E-state index contributed by atoms with van der Waals surface area (Å²) in [5.74, 6) is -0.666. The van der Waals surface area contributed by atoms with Gasteiger partial charge in [0, 0.05) is 65.5 Å². The highest BCUT2D eigenvalue weighted by molar-refractivity contribution is 8.06. The van der Waals surface area contributed by atoms with E-state index < -0.39 is 17.6 Å². The van der Waals surface area contributed by atoms with Gasteiger partial charge in [0.1, 0.15) is 0 Å². The van der Waals surface area contributed by atoms with E-state index in [1.165, 1.54) is 0 Å². The number of aromatic amines is 1. The lowest BCUT2D eigenvalue weighted by Crippen LogP contribution is -2.30. The summed E-state index contributed by atoms with van der Waals surface area (Å²) < 4.78 is 0. The van der Waals surface area contributed by atoms with Gasteiger partial charge >= 0.3 is 11.9 Å². The molecule has 0 radical (unpaired) electrons. The van der Waals surface area contributed by atoms with Crippen molar-refractivity contribution >= 4 is 35.5 Å². The van der Waals surface area contributed by atoms with Gasteiger partial charge in [0.25, 0.3) is 5.91 Å². The fourth-order valence-electron chi connectivity index (χ4n) is 7.66. The summed E-state index contributed by atoms with van der Waals surface area (Å²) >= 11 is 1.88. The van der Waals surface area contributed by atoms with Gasteiger partial charge in [0.05, 0.1) is 17.8 Å². The second-order valence-electron chi connectivity index (χ2n) is 12.9. The van der Waals surface area contributed by atoms with Gasteiger partial charge in [-0.1, -0.05) is 19.6 Å². The lowest BCUT2D eigenvalue weighted by molar-refractivity contribution is -0.138. The second-order valence-corrected chi connectivity index (χ2v) is 14.2. The molecule has 2 amide bonds. The van der Waals surface area contributed by atoms with Gasteiger partial charge in [-0.3, -0.25) is 24.2 Å². The van der Waals surface area contributed by atoms with Crippen molar-refractivity contribution in [2.45, 2.75) is 89.2 Å². The van der Waals surface area contributed by atoms with Crippen molar-refractivity contribution in [3.8, 4) is 0 Å².